The molecule has 0 saturated carbocycles. The van der Waals surface area contributed by atoms with Gasteiger partial charge in [-0.3, -0.25) is 9.69 Å². The van der Waals surface area contributed by atoms with Gasteiger partial charge in [-0.2, -0.15) is 0 Å². The van der Waals surface area contributed by atoms with E-state index in [1.54, 1.807) is 13.8 Å². The number of carbonyl (C=O) groups is 1. The first-order valence-corrected chi connectivity index (χ1v) is 8.61. The normalized spacial score (nSPS) is 22.8. The van der Waals surface area contributed by atoms with E-state index >= 15 is 0 Å². The molecule has 1 saturated heterocycles. The first-order valence-electron chi connectivity index (χ1n) is 8.61. The highest BCUT2D eigenvalue weighted by atomic mass is 16.2. The van der Waals surface area contributed by atoms with Crippen molar-refractivity contribution in [2.24, 2.45) is 17.6 Å². The minimum atomic E-state index is -0.832. The van der Waals surface area contributed by atoms with Crippen molar-refractivity contribution in [3.63, 3.8) is 0 Å². The van der Waals surface area contributed by atoms with Gasteiger partial charge in [-0.15, -0.1) is 0 Å². The fourth-order valence-corrected chi connectivity index (χ4v) is 3.35. The maximum atomic E-state index is 11.8. The summed E-state index contributed by atoms with van der Waals surface area (Å²) in [6.07, 6.45) is 1.34. The van der Waals surface area contributed by atoms with Gasteiger partial charge in [-0.05, 0) is 43.2 Å². The molecule has 0 aromatic heterocycles. The average Bonchev–Trinajstić information content (AvgIpc) is 2.44. The molecular formula is C19H31N3O. The van der Waals surface area contributed by atoms with E-state index in [4.69, 9.17) is 5.73 Å². The van der Waals surface area contributed by atoms with Gasteiger partial charge in [0.25, 0.3) is 0 Å². The van der Waals surface area contributed by atoms with Crippen LogP contribution in [0.15, 0.2) is 24.3 Å². The van der Waals surface area contributed by atoms with Crippen LogP contribution >= 0.6 is 0 Å². The van der Waals surface area contributed by atoms with E-state index in [2.05, 4.69) is 48.3 Å². The highest BCUT2D eigenvalue weighted by molar-refractivity contribution is 5.84. The Balaban J connectivity index is 1.86. The van der Waals surface area contributed by atoms with Crippen LogP contribution in [0.2, 0.25) is 0 Å². The summed E-state index contributed by atoms with van der Waals surface area (Å²) in [4.78, 5) is 14.3. The highest BCUT2D eigenvalue weighted by Gasteiger charge is 2.22. The molecule has 1 aliphatic rings. The molecule has 2 atom stereocenters. The van der Waals surface area contributed by atoms with Gasteiger partial charge in [-0.1, -0.05) is 38.1 Å². The average molecular weight is 317 g/mol. The van der Waals surface area contributed by atoms with Crippen molar-refractivity contribution in [1.82, 2.24) is 10.2 Å². The molecule has 0 radical (unpaired) electrons. The van der Waals surface area contributed by atoms with Crippen molar-refractivity contribution in [3.05, 3.63) is 35.4 Å². The Kier molecular flexibility index (Phi) is 5.82. The van der Waals surface area contributed by atoms with E-state index < -0.39 is 5.54 Å². The molecule has 4 heteroatoms. The monoisotopic (exact) mass is 317 g/mol. The Morgan fingerprint density at radius 3 is 2.22 bits per heavy atom. The molecule has 23 heavy (non-hydrogen) atoms. The predicted molar refractivity (Wildman–Crippen MR) is 94.8 cm³/mol. The Morgan fingerprint density at radius 2 is 1.70 bits per heavy atom. The SMILES string of the molecule is CC1CC(C)CN(Cc2ccc(CNC(=O)C(C)(C)N)cc2)C1. The molecule has 2 unspecified atom stereocenters. The van der Waals surface area contributed by atoms with Crippen molar-refractivity contribution in [2.45, 2.75) is 52.7 Å². The van der Waals surface area contributed by atoms with Crippen molar-refractivity contribution in [2.75, 3.05) is 13.1 Å². The third kappa shape index (κ3) is 5.63. The van der Waals surface area contributed by atoms with Crippen LogP contribution in [0.1, 0.15) is 45.2 Å². The summed E-state index contributed by atoms with van der Waals surface area (Å²) < 4.78 is 0. The molecular weight excluding hydrogens is 286 g/mol. The van der Waals surface area contributed by atoms with Crippen LogP contribution in [0.25, 0.3) is 0 Å². The molecule has 128 valence electrons. The van der Waals surface area contributed by atoms with Gasteiger partial charge in [0.1, 0.15) is 0 Å². The van der Waals surface area contributed by atoms with Crippen LogP contribution in [0.4, 0.5) is 0 Å². The number of benzene rings is 1. The highest BCUT2D eigenvalue weighted by Crippen LogP contribution is 2.22. The van der Waals surface area contributed by atoms with Crippen LogP contribution in [-0.2, 0) is 17.9 Å². The lowest BCUT2D eigenvalue weighted by atomic mass is 9.91. The van der Waals surface area contributed by atoms with Gasteiger partial charge in [0.15, 0.2) is 0 Å². The number of hydrogen-bond acceptors (Lipinski definition) is 3. The molecule has 3 N–H and O–H groups in total. The third-order valence-electron chi connectivity index (χ3n) is 4.41. The second-order valence-corrected chi connectivity index (χ2v) is 7.86. The lowest BCUT2D eigenvalue weighted by Gasteiger charge is -2.35. The predicted octanol–water partition coefficient (Wildman–Crippen LogP) is 2.52. The van der Waals surface area contributed by atoms with Crippen LogP contribution in [0, 0.1) is 11.8 Å². The van der Waals surface area contributed by atoms with Gasteiger partial charge >= 0.3 is 0 Å². The summed E-state index contributed by atoms with van der Waals surface area (Å²) >= 11 is 0. The van der Waals surface area contributed by atoms with Crippen molar-refractivity contribution >= 4 is 5.91 Å². The van der Waals surface area contributed by atoms with Crippen LogP contribution < -0.4 is 11.1 Å². The van der Waals surface area contributed by atoms with E-state index in [0.717, 1.165) is 23.9 Å². The number of nitrogens with zero attached hydrogens (tertiary/aromatic N) is 1. The first-order chi connectivity index (χ1) is 10.7. The molecule has 0 aliphatic carbocycles. The summed E-state index contributed by atoms with van der Waals surface area (Å²) in [7, 11) is 0. The minimum absolute atomic E-state index is 0.127. The maximum Gasteiger partial charge on any atom is 0.239 e. The number of nitrogens with two attached hydrogens (primary N) is 1. The standard InChI is InChI=1S/C19H31N3O/c1-14-9-15(2)12-22(11-14)13-17-7-5-16(6-8-17)10-21-18(23)19(3,4)20/h5-8,14-15H,9-13,20H2,1-4H3,(H,21,23). The zero-order chi connectivity index (χ0) is 17.0. The first kappa shape index (κ1) is 18.0. The van der Waals surface area contributed by atoms with Crippen molar-refractivity contribution in [3.8, 4) is 0 Å². The molecule has 4 nitrogen and oxygen atoms in total. The number of carbonyl (C=O) groups excluding carboxylic acids is 1. The van der Waals surface area contributed by atoms with Crippen molar-refractivity contribution in [1.29, 1.82) is 0 Å². The van der Waals surface area contributed by atoms with E-state index in [-0.39, 0.29) is 5.91 Å². The lowest BCUT2D eigenvalue weighted by molar-refractivity contribution is -0.125. The Morgan fingerprint density at radius 1 is 1.17 bits per heavy atom. The van der Waals surface area contributed by atoms with Gasteiger partial charge in [-0.25, -0.2) is 0 Å². The van der Waals surface area contributed by atoms with Gasteiger partial charge < -0.3 is 11.1 Å². The summed E-state index contributed by atoms with van der Waals surface area (Å²) in [6.45, 7) is 12.0. The Bertz CT molecular complexity index is 508. The smallest absolute Gasteiger partial charge is 0.239 e. The van der Waals surface area contributed by atoms with E-state index in [1.165, 1.54) is 25.1 Å². The Labute approximate surface area is 140 Å². The van der Waals surface area contributed by atoms with E-state index in [1.807, 2.05) is 0 Å². The second-order valence-electron chi connectivity index (χ2n) is 7.86. The van der Waals surface area contributed by atoms with Crippen molar-refractivity contribution < 1.29 is 4.79 Å². The quantitative estimate of drug-likeness (QED) is 0.877. The molecule has 1 aromatic rings. The van der Waals surface area contributed by atoms with Gasteiger partial charge in [0.2, 0.25) is 5.91 Å². The van der Waals surface area contributed by atoms with E-state index in [9.17, 15) is 4.79 Å². The second kappa shape index (κ2) is 7.45. The minimum Gasteiger partial charge on any atom is -0.350 e. The summed E-state index contributed by atoms with van der Waals surface area (Å²) in [6, 6.07) is 8.52. The number of nitrogens with one attached hydrogen (secondary N) is 1. The molecule has 2 rings (SSSR count). The number of piperidine rings is 1. The third-order valence-corrected chi connectivity index (χ3v) is 4.41. The topological polar surface area (TPSA) is 58.4 Å². The molecule has 0 spiro atoms. The molecule has 1 heterocycles. The fourth-order valence-electron chi connectivity index (χ4n) is 3.35. The van der Waals surface area contributed by atoms with Crippen LogP contribution in [0.3, 0.4) is 0 Å². The molecule has 1 fully saturated rings. The molecule has 1 aromatic carbocycles. The summed E-state index contributed by atoms with van der Waals surface area (Å²) in [5, 5.41) is 2.88. The molecule has 1 aliphatic heterocycles. The summed E-state index contributed by atoms with van der Waals surface area (Å²) in [5.41, 5.74) is 7.38. The largest absolute Gasteiger partial charge is 0.350 e. The molecule has 1 amide bonds. The Hall–Kier alpha value is -1.39. The zero-order valence-electron chi connectivity index (χ0n) is 14.9. The fraction of sp³-hybridized carbons (Fsp3) is 0.632. The number of amides is 1. The summed E-state index contributed by atoms with van der Waals surface area (Å²) in [5.74, 6) is 1.44. The van der Waals surface area contributed by atoms with E-state index in [0.29, 0.717) is 6.54 Å². The number of rotatable bonds is 5. The molecule has 0 bridgehead atoms. The van der Waals surface area contributed by atoms with Gasteiger partial charge in [0.05, 0.1) is 5.54 Å². The van der Waals surface area contributed by atoms with Crippen LogP contribution in [0.5, 0.6) is 0 Å². The number of likely N-dealkylation sites (tertiary alicyclic amines) is 1. The zero-order valence-corrected chi connectivity index (χ0v) is 14.9. The number of hydrogen-bond donors (Lipinski definition) is 2. The lowest BCUT2D eigenvalue weighted by Crippen LogP contribution is -2.48. The maximum absolute atomic E-state index is 11.8. The van der Waals surface area contributed by atoms with Gasteiger partial charge in [0, 0.05) is 26.2 Å². The van der Waals surface area contributed by atoms with Crippen LogP contribution in [-0.4, -0.2) is 29.4 Å².